The molecule has 31 heavy (non-hydrogen) atoms. The average molecular weight is 446 g/mol. The van der Waals surface area contributed by atoms with Crippen LogP contribution >= 0.6 is 0 Å². The maximum atomic E-state index is 13.3. The van der Waals surface area contributed by atoms with Crippen molar-refractivity contribution in [2.45, 2.75) is 31.7 Å². The van der Waals surface area contributed by atoms with Crippen molar-refractivity contribution in [2.75, 3.05) is 31.6 Å². The van der Waals surface area contributed by atoms with E-state index in [0.29, 0.717) is 44.5 Å². The number of amides is 1. The van der Waals surface area contributed by atoms with Crippen molar-refractivity contribution >= 4 is 27.5 Å². The Morgan fingerprint density at radius 2 is 1.74 bits per heavy atom. The van der Waals surface area contributed by atoms with Gasteiger partial charge in [-0.1, -0.05) is 18.2 Å². The van der Waals surface area contributed by atoms with Gasteiger partial charge in [0.2, 0.25) is 15.9 Å². The minimum absolute atomic E-state index is 0.0713. The Labute approximate surface area is 181 Å². The van der Waals surface area contributed by atoms with Gasteiger partial charge >= 0.3 is 0 Å². The van der Waals surface area contributed by atoms with E-state index in [1.54, 1.807) is 4.90 Å². The first kappa shape index (κ1) is 21.5. The van der Waals surface area contributed by atoms with Gasteiger partial charge in [-0.25, -0.2) is 17.4 Å². The number of ketones is 1. The molecule has 0 aliphatic carbocycles. The minimum atomic E-state index is -3.25. The number of anilines is 1. The highest BCUT2D eigenvalue weighted by Gasteiger charge is 2.40. The van der Waals surface area contributed by atoms with Crippen molar-refractivity contribution < 1.29 is 18.0 Å². The van der Waals surface area contributed by atoms with Crippen LogP contribution in [0.2, 0.25) is 0 Å². The Bertz CT molecular complexity index is 1070. The molecule has 2 fully saturated rings. The number of nitrogens with two attached hydrogens (primary N) is 1. The van der Waals surface area contributed by atoms with Crippen LogP contribution in [0.5, 0.6) is 0 Å². The molecule has 2 aromatic rings. The van der Waals surface area contributed by atoms with Gasteiger partial charge in [-0.05, 0) is 37.8 Å². The summed E-state index contributed by atoms with van der Waals surface area (Å²) in [5, 5.41) is 4.27. The Hall–Kier alpha value is -2.72. The molecule has 0 radical (unpaired) electrons. The third-order valence-electron chi connectivity index (χ3n) is 6.18. The van der Waals surface area contributed by atoms with E-state index in [1.807, 2.05) is 30.3 Å². The quantitative estimate of drug-likeness (QED) is 0.693. The second-order valence-electron chi connectivity index (χ2n) is 8.18. The van der Waals surface area contributed by atoms with E-state index in [0.717, 1.165) is 12.1 Å². The third kappa shape index (κ3) is 4.22. The number of para-hydroxylation sites is 1. The lowest BCUT2D eigenvalue weighted by molar-refractivity contribution is -0.136. The fourth-order valence-electron chi connectivity index (χ4n) is 4.47. The number of carbonyl (C=O) groups excluding carboxylic acids is 2. The van der Waals surface area contributed by atoms with E-state index in [-0.39, 0.29) is 23.4 Å². The van der Waals surface area contributed by atoms with Crippen LogP contribution < -0.4 is 5.73 Å². The molecule has 166 valence electrons. The summed E-state index contributed by atoms with van der Waals surface area (Å²) in [5.41, 5.74) is 7.32. The van der Waals surface area contributed by atoms with E-state index >= 15 is 0 Å². The molecule has 2 aliphatic heterocycles. The second kappa shape index (κ2) is 8.43. The predicted molar refractivity (Wildman–Crippen MR) is 116 cm³/mol. The summed E-state index contributed by atoms with van der Waals surface area (Å²) in [6.45, 7) is 1.19. The van der Waals surface area contributed by atoms with Crippen molar-refractivity contribution in [3.63, 3.8) is 0 Å². The molecule has 1 aromatic carbocycles. The fraction of sp³-hybridized carbons (Fsp3) is 0.476. The molecule has 0 unspecified atom stereocenters. The number of hydrogen-bond donors (Lipinski definition) is 1. The largest absolute Gasteiger partial charge is 0.383 e. The first-order valence-corrected chi connectivity index (χ1v) is 12.3. The first-order chi connectivity index (χ1) is 14.8. The first-order valence-electron chi connectivity index (χ1n) is 10.5. The third-order valence-corrected chi connectivity index (χ3v) is 7.49. The van der Waals surface area contributed by atoms with Crippen molar-refractivity contribution in [1.29, 1.82) is 0 Å². The van der Waals surface area contributed by atoms with Crippen molar-refractivity contribution in [3.05, 3.63) is 42.1 Å². The normalized spacial score (nSPS) is 20.8. The topological polar surface area (TPSA) is 119 Å². The molecule has 0 spiro atoms. The van der Waals surface area contributed by atoms with Gasteiger partial charge in [-0.2, -0.15) is 5.10 Å². The van der Waals surface area contributed by atoms with Crippen LogP contribution in [0.25, 0.3) is 5.69 Å². The Morgan fingerprint density at radius 3 is 2.39 bits per heavy atom. The summed E-state index contributed by atoms with van der Waals surface area (Å²) in [5.74, 6) is -0.273. The lowest BCUT2D eigenvalue weighted by Crippen LogP contribution is -2.47. The van der Waals surface area contributed by atoms with Gasteiger partial charge in [0.15, 0.2) is 5.78 Å². The Morgan fingerprint density at radius 1 is 1.06 bits per heavy atom. The zero-order valence-corrected chi connectivity index (χ0v) is 18.3. The number of benzene rings is 1. The van der Waals surface area contributed by atoms with Gasteiger partial charge in [0.1, 0.15) is 5.82 Å². The molecule has 2 saturated heterocycles. The molecular formula is C21H27N5O4S. The van der Waals surface area contributed by atoms with Crippen LogP contribution in [-0.4, -0.2) is 71.0 Å². The number of carbonyl (C=O) groups is 2. The Kier molecular flexibility index (Phi) is 5.85. The highest BCUT2D eigenvalue weighted by atomic mass is 32.2. The van der Waals surface area contributed by atoms with Crippen LogP contribution in [0.1, 0.15) is 36.0 Å². The van der Waals surface area contributed by atoms with Crippen LogP contribution in [0, 0.1) is 5.92 Å². The summed E-state index contributed by atoms with van der Waals surface area (Å²) in [7, 11) is -3.25. The number of nitrogens with zero attached hydrogens (tertiary/aromatic N) is 4. The van der Waals surface area contributed by atoms with Gasteiger partial charge in [-0.3, -0.25) is 9.59 Å². The summed E-state index contributed by atoms with van der Waals surface area (Å²) >= 11 is 0. The monoisotopic (exact) mass is 445 g/mol. The van der Waals surface area contributed by atoms with E-state index in [4.69, 9.17) is 5.73 Å². The summed E-state index contributed by atoms with van der Waals surface area (Å²) in [4.78, 5) is 28.1. The standard InChI is InChI=1S/C21H27N5O4S/c1-31(29,30)24-12-9-15(10-13-24)21(28)25-11-5-8-18(25)19(27)17-14-23-26(20(17)22)16-6-3-2-4-7-16/h2-4,6-7,14-15,18H,5,8-13,22H2,1H3/t18-/m1/s1. The van der Waals surface area contributed by atoms with Crippen molar-refractivity contribution in [3.8, 4) is 5.69 Å². The number of rotatable bonds is 5. The molecular weight excluding hydrogens is 418 g/mol. The number of likely N-dealkylation sites (tertiary alicyclic amines) is 1. The lowest BCUT2D eigenvalue weighted by Gasteiger charge is -2.33. The van der Waals surface area contributed by atoms with Crippen LogP contribution in [0.4, 0.5) is 5.82 Å². The molecule has 10 heteroatoms. The molecule has 0 bridgehead atoms. The zero-order valence-electron chi connectivity index (χ0n) is 17.5. The lowest BCUT2D eigenvalue weighted by atomic mass is 9.95. The molecule has 9 nitrogen and oxygen atoms in total. The predicted octanol–water partition coefficient (Wildman–Crippen LogP) is 1.30. The number of piperidine rings is 1. The van der Waals surface area contributed by atoms with Gasteiger partial charge < -0.3 is 10.6 Å². The van der Waals surface area contributed by atoms with E-state index in [1.165, 1.54) is 21.4 Å². The number of sulfonamides is 1. The smallest absolute Gasteiger partial charge is 0.226 e. The fourth-order valence-corrected chi connectivity index (χ4v) is 5.35. The SMILES string of the molecule is CS(=O)(=O)N1CCC(C(=O)N2CCC[C@@H]2C(=O)c2cnn(-c3ccccc3)c2N)CC1. The van der Waals surface area contributed by atoms with E-state index in [9.17, 15) is 18.0 Å². The number of Topliss-reactive ketones (excluding diaryl/α,β-unsaturated/α-hetero) is 1. The van der Waals surface area contributed by atoms with Gasteiger partial charge in [0.05, 0.1) is 29.7 Å². The van der Waals surface area contributed by atoms with E-state index in [2.05, 4.69) is 5.10 Å². The number of aromatic nitrogens is 2. The maximum absolute atomic E-state index is 13.3. The van der Waals surface area contributed by atoms with Crippen molar-refractivity contribution in [1.82, 2.24) is 19.0 Å². The van der Waals surface area contributed by atoms with E-state index < -0.39 is 16.1 Å². The molecule has 0 saturated carbocycles. The maximum Gasteiger partial charge on any atom is 0.226 e. The molecule has 3 heterocycles. The van der Waals surface area contributed by atoms with Gasteiger partial charge in [0.25, 0.3) is 0 Å². The highest BCUT2D eigenvalue weighted by molar-refractivity contribution is 7.88. The highest BCUT2D eigenvalue weighted by Crippen LogP contribution is 2.29. The van der Waals surface area contributed by atoms with Crippen LogP contribution in [0.15, 0.2) is 36.5 Å². The minimum Gasteiger partial charge on any atom is -0.383 e. The molecule has 2 aliphatic rings. The molecule has 1 amide bonds. The number of nitrogen functional groups attached to an aromatic ring is 1. The van der Waals surface area contributed by atoms with Crippen LogP contribution in [0.3, 0.4) is 0 Å². The number of hydrogen-bond acceptors (Lipinski definition) is 6. The van der Waals surface area contributed by atoms with Crippen LogP contribution in [-0.2, 0) is 14.8 Å². The summed E-state index contributed by atoms with van der Waals surface area (Å²) in [6, 6.07) is 8.76. The average Bonchev–Trinajstić information content (AvgIpc) is 3.40. The second-order valence-corrected chi connectivity index (χ2v) is 10.2. The van der Waals surface area contributed by atoms with Gasteiger partial charge in [-0.15, -0.1) is 0 Å². The van der Waals surface area contributed by atoms with Crippen molar-refractivity contribution in [2.24, 2.45) is 5.92 Å². The Balaban J connectivity index is 1.48. The summed E-state index contributed by atoms with van der Waals surface area (Å²) < 4.78 is 26.4. The summed E-state index contributed by atoms with van der Waals surface area (Å²) in [6.07, 6.45) is 4.93. The molecule has 2 N–H and O–H groups in total. The zero-order chi connectivity index (χ0) is 22.2. The van der Waals surface area contributed by atoms with Gasteiger partial charge in [0, 0.05) is 25.6 Å². The molecule has 1 aromatic heterocycles. The molecule has 1 atom stereocenters. The molecule has 4 rings (SSSR count).